The monoisotopic (exact) mass is 228 g/mol. The van der Waals surface area contributed by atoms with E-state index in [1.165, 1.54) is 16.6 Å². The van der Waals surface area contributed by atoms with Gasteiger partial charge in [0.25, 0.3) is 0 Å². The van der Waals surface area contributed by atoms with Crippen LogP contribution in [0.15, 0.2) is 24.3 Å². The summed E-state index contributed by atoms with van der Waals surface area (Å²) in [6.07, 6.45) is 3.48. The minimum atomic E-state index is 0.228. The number of nitrogens with two attached hydrogens (primary N) is 1. The van der Waals surface area contributed by atoms with Gasteiger partial charge in [0.15, 0.2) is 0 Å². The third-order valence-electron chi connectivity index (χ3n) is 3.54. The van der Waals surface area contributed by atoms with Gasteiger partial charge in [0.05, 0.1) is 5.52 Å². The van der Waals surface area contributed by atoms with Crippen LogP contribution in [0.3, 0.4) is 0 Å². The molecule has 2 N–H and O–H groups in total. The van der Waals surface area contributed by atoms with Gasteiger partial charge in [-0.2, -0.15) is 0 Å². The highest BCUT2D eigenvalue weighted by molar-refractivity contribution is 5.96. The molecule has 1 aromatic carbocycles. The number of benzene rings is 1. The van der Waals surface area contributed by atoms with Crippen LogP contribution >= 0.6 is 0 Å². The molecule has 1 aromatic heterocycles. The summed E-state index contributed by atoms with van der Waals surface area (Å²) in [5.74, 6) is 0.228. The Balaban J connectivity index is 2.34. The lowest BCUT2D eigenvalue weighted by atomic mass is 10.0. The van der Waals surface area contributed by atoms with Crippen LogP contribution in [0.4, 0.5) is 0 Å². The summed E-state index contributed by atoms with van der Waals surface area (Å²) in [5.41, 5.74) is 9.20. The molecule has 88 valence electrons. The number of para-hydroxylation sites is 1. The highest BCUT2D eigenvalue weighted by Crippen LogP contribution is 2.30. The molecule has 17 heavy (non-hydrogen) atoms. The van der Waals surface area contributed by atoms with E-state index in [2.05, 4.69) is 6.07 Å². The van der Waals surface area contributed by atoms with E-state index in [4.69, 9.17) is 5.73 Å². The van der Waals surface area contributed by atoms with Gasteiger partial charge in [-0.05, 0) is 37.4 Å². The molecule has 1 aliphatic heterocycles. The lowest BCUT2D eigenvalue weighted by Crippen LogP contribution is -2.19. The van der Waals surface area contributed by atoms with Crippen molar-refractivity contribution in [2.45, 2.75) is 25.7 Å². The van der Waals surface area contributed by atoms with E-state index in [0.717, 1.165) is 24.8 Å². The van der Waals surface area contributed by atoms with Crippen molar-refractivity contribution in [3.8, 4) is 0 Å². The molecular formula is C14H16N2O. The largest absolute Gasteiger partial charge is 0.330 e. The van der Waals surface area contributed by atoms with Crippen LogP contribution in [0.2, 0.25) is 0 Å². The molecular weight excluding hydrogens is 212 g/mol. The Hall–Kier alpha value is -1.61. The number of fused-ring (bicyclic) bond motifs is 3. The fraction of sp³-hybridized carbons (Fsp3) is 0.357. The van der Waals surface area contributed by atoms with Gasteiger partial charge in [0.1, 0.15) is 0 Å². The molecule has 0 atom stereocenters. The number of rotatable bonds is 2. The maximum atomic E-state index is 12.0. The number of hydrogen-bond acceptors (Lipinski definition) is 2. The van der Waals surface area contributed by atoms with Gasteiger partial charge < -0.3 is 5.73 Å². The zero-order chi connectivity index (χ0) is 11.8. The maximum absolute atomic E-state index is 12.0. The predicted octanol–water partition coefficient (Wildman–Crippen LogP) is 2.12. The van der Waals surface area contributed by atoms with Gasteiger partial charge in [0, 0.05) is 17.5 Å². The molecule has 0 saturated carbocycles. The molecule has 0 amide bonds. The molecule has 0 bridgehead atoms. The number of hydrogen-bond donors (Lipinski definition) is 1. The average Bonchev–Trinajstić information content (AvgIpc) is 2.66. The van der Waals surface area contributed by atoms with Gasteiger partial charge in [-0.25, -0.2) is 0 Å². The second-order valence-corrected chi connectivity index (χ2v) is 4.56. The molecule has 3 heteroatoms. The fourth-order valence-corrected chi connectivity index (χ4v) is 2.85. The minimum absolute atomic E-state index is 0.228. The Morgan fingerprint density at radius 1 is 1.24 bits per heavy atom. The van der Waals surface area contributed by atoms with Crippen LogP contribution in [-0.2, 0) is 12.8 Å². The quantitative estimate of drug-likeness (QED) is 0.855. The van der Waals surface area contributed by atoms with Crippen LogP contribution in [0.25, 0.3) is 10.9 Å². The molecule has 0 spiro atoms. The third kappa shape index (κ3) is 1.50. The summed E-state index contributed by atoms with van der Waals surface area (Å²) in [6.45, 7) is 0.634. The van der Waals surface area contributed by atoms with Crippen molar-refractivity contribution in [2.24, 2.45) is 5.73 Å². The molecule has 1 aliphatic rings. The number of carbonyl (C=O) groups is 1. The maximum Gasteiger partial charge on any atom is 0.231 e. The van der Waals surface area contributed by atoms with Gasteiger partial charge in [-0.1, -0.05) is 18.2 Å². The summed E-state index contributed by atoms with van der Waals surface area (Å²) in [4.78, 5) is 12.0. The van der Waals surface area contributed by atoms with Crippen LogP contribution in [0.1, 0.15) is 28.9 Å². The van der Waals surface area contributed by atoms with Crippen molar-refractivity contribution in [3.05, 3.63) is 35.5 Å². The van der Waals surface area contributed by atoms with Crippen molar-refractivity contribution in [1.29, 1.82) is 0 Å². The predicted molar refractivity (Wildman–Crippen MR) is 68.3 cm³/mol. The van der Waals surface area contributed by atoms with E-state index in [1.807, 2.05) is 22.8 Å². The molecule has 0 unspecified atom stereocenters. The molecule has 3 rings (SSSR count). The molecule has 2 aromatic rings. The van der Waals surface area contributed by atoms with E-state index in [9.17, 15) is 4.79 Å². The first kappa shape index (κ1) is 10.5. The third-order valence-corrected chi connectivity index (χ3v) is 3.54. The first-order valence-corrected chi connectivity index (χ1v) is 6.17. The molecule has 0 fully saturated rings. The Labute approximate surface area is 100 Å². The second kappa shape index (κ2) is 4.00. The van der Waals surface area contributed by atoms with E-state index in [-0.39, 0.29) is 5.91 Å². The Morgan fingerprint density at radius 3 is 2.88 bits per heavy atom. The zero-order valence-electron chi connectivity index (χ0n) is 9.78. The molecule has 3 nitrogen and oxygen atoms in total. The van der Waals surface area contributed by atoms with Crippen LogP contribution < -0.4 is 5.73 Å². The molecule has 0 aliphatic carbocycles. The minimum Gasteiger partial charge on any atom is -0.330 e. The highest BCUT2D eigenvalue weighted by atomic mass is 16.2. The fourth-order valence-electron chi connectivity index (χ4n) is 2.85. The lowest BCUT2D eigenvalue weighted by molar-refractivity contribution is 0.0889. The first-order chi connectivity index (χ1) is 8.33. The van der Waals surface area contributed by atoms with Crippen molar-refractivity contribution in [3.63, 3.8) is 0 Å². The summed E-state index contributed by atoms with van der Waals surface area (Å²) in [7, 11) is 0. The Morgan fingerprint density at radius 2 is 2.06 bits per heavy atom. The average molecular weight is 228 g/mol. The van der Waals surface area contributed by atoms with Gasteiger partial charge in [-0.15, -0.1) is 0 Å². The summed E-state index contributed by atoms with van der Waals surface area (Å²) in [5, 5.41) is 1.20. The zero-order valence-corrected chi connectivity index (χ0v) is 9.78. The van der Waals surface area contributed by atoms with Crippen molar-refractivity contribution >= 4 is 16.8 Å². The summed E-state index contributed by atoms with van der Waals surface area (Å²) in [6, 6.07) is 8.14. The highest BCUT2D eigenvalue weighted by Gasteiger charge is 2.23. The smallest absolute Gasteiger partial charge is 0.231 e. The SMILES string of the molecule is NCCc1c2n(c3ccccc13)C(=O)CCC2. The molecule has 0 saturated heterocycles. The Bertz CT molecular complexity index is 583. The molecule has 0 radical (unpaired) electrons. The van der Waals surface area contributed by atoms with Crippen molar-refractivity contribution < 1.29 is 4.79 Å². The van der Waals surface area contributed by atoms with Gasteiger partial charge in [-0.3, -0.25) is 9.36 Å². The van der Waals surface area contributed by atoms with E-state index in [0.29, 0.717) is 13.0 Å². The number of nitrogens with zero attached hydrogens (tertiary/aromatic N) is 1. The van der Waals surface area contributed by atoms with E-state index in [1.54, 1.807) is 0 Å². The number of carbonyl (C=O) groups excluding carboxylic acids is 1. The Kier molecular flexibility index (Phi) is 2.48. The summed E-state index contributed by atoms with van der Waals surface area (Å²) < 4.78 is 1.91. The normalized spacial score (nSPS) is 15.2. The van der Waals surface area contributed by atoms with Crippen LogP contribution in [-0.4, -0.2) is 17.0 Å². The summed E-state index contributed by atoms with van der Waals surface area (Å²) >= 11 is 0. The lowest BCUT2D eigenvalue weighted by Gasteiger charge is -2.15. The first-order valence-electron chi connectivity index (χ1n) is 6.17. The second-order valence-electron chi connectivity index (χ2n) is 4.56. The standard InChI is InChI=1S/C14H16N2O/c15-9-8-11-10-4-1-2-5-12(10)16-13(11)6-3-7-14(16)17/h1-2,4-5H,3,6-9,15H2. The number of aromatic nitrogens is 1. The van der Waals surface area contributed by atoms with Crippen LogP contribution in [0.5, 0.6) is 0 Å². The van der Waals surface area contributed by atoms with E-state index >= 15 is 0 Å². The van der Waals surface area contributed by atoms with E-state index < -0.39 is 0 Å². The molecule has 2 heterocycles. The van der Waals surface area contributed by atoms with Crippen molar-refractivity contribution in [1.82, 2.24) is 4.57 Å². The van der Waals surface area contributed by atoms with Crippen LogP contribution in [0, 0.1) is 0 Å². The topological polar surface area (TPSA) is 48.0 Å². The van der Waals surface area contributed by atoms with Gasteiger partial charge in [0.2, 0.25) is 5.91 Å². The van der Waals surface area contributed by atoms with Gasteiger partial charge >= 0.3 is 0 Å². The van der Waals surface area contributed by atoms with Crippen molar-refractivity contribution in [2.75, 3.05) is 6.54 Å².